The average Bonchev–Trinajstić information content (AvgIpc) is 2.17. The van der Waals surface area contributed by atoms with Gasteiger partial charge >= 0.3 is 5.97 Å². The molecule has 94 valence electrons. The van der Waals surface area contributed by atoms with Crippen LogP contribution in [0.3, 0.4) is 0 Å². The Morgan fingerprint density at radius 3 is 2.19 bits per heavy atom. The van der Waals surface area contributed by atoms with E-state index in [1.807, 2.05) is 0 Å². The third-order valence-electron chi connectivity index (χ3n) is 2.69. The van der Waals surface area contributed by atoms with Crippen molar-refractivity contribution >= 4 is 16.0 Å². The highest BCUT2D eigenvalue weighted by molar-refractivity contribution is 7.88. The molecule has 3 N–H and O–H groups in total. The van der Waals surface area contributed by atoms with Gasteiger partial charge in [-0.3, -0.25) is 9.69 Å². The number of rotatable bonds is 4. The van der Waals surface area contributed by atoms with E-state index < -0.39 is 22.0 Å². The van der Waals surface area contributed by atoms with Crippen LogP contribution in [0, 0.1) is 0 Å². The fraction of sp³-hybridized carbons (Fsp3) is 0.875. The zero-order valence-corrected chi connectivity index (χ0v) is 9.98. The van der Waals surface area contributed by atoms with E-state index in [0.29, 0.717) is 26.2 Å². The van der Waals surface area contributed by atoms with Crippen LogP contribution in [0.2, 0.25) is 0 Å². The molecule has 7 nitrogen and oxygen atoms in total. The number of aliphatic carboxylic acids is 1. The summed E-state index contributed by atoms with van der Waals surface area (Å²) in [4.78, 5) is 12.6. The number of nitrogens with two attached hydrogens (primary N) is 1. The molecule has 1 aliphatic rings. The van der Waals surface area contributed by atoms with Crippen LogP contribution < -0.4 is 5.73 Å². The molecule has 0 bridgehead atoms. The number of hydrogen-bond acceptors (Lipinski definition) is 5. The lowest BCUT2D eigenvalue weighted by atomic mass is 10.2. The van der Waals surface area contributed by atoms with Crippen LogP contribution >= 0.6 is 0 Å². The van der Waals surface area contributed by atoms with Gasteiger partial charge in [0.25, 0.3) is 0 Å². The smallest absolute Gasteiger partial charge is 0.322 e. The fourth-order valence-corrected chi connectivity index (χ4v) is 2.58. The summed E-state index contributed by atoms with van der Waals surface area (Å²) in [6, 6.07) is -0.721. The molecule has 0 aromatic rings. The summed E-state index contributed by atoms with van der Waals surface area (Å²) in [6.07, 6.45) is 1.15. The molecule has 0 radical (unpaired) electrons. The predicted molar refractivity (Wildman–Crippen MR) is 58.5 cm³/mol. The van der Waals surface area contributed by atoms with Crippen LogP contribution in [0.25, 0.3) is 0 Å². The van der Waals surface area contributed by atoms with Crippen molar-refractivity contribution in [2.45, 2.75) is 6.04 Å². The molecule has 1 fully saturated rings. The van der Waals surface area contributed by atoms with E-state index in [4.69, 9.17) is 10.8 Å². The number of hydrogen-bond donors (Lipinski definition) is 2. The highest BCUT2D eigenvalue weighted by atomic mass is 32.2. The van der Waals surface area contributed by atoms with Crippen molar-refractivity contribution in [3.63, 3.8) is 0 Å². The van der Waals surface area contributed by atoms with Crippen LogP contribution in [0.1, 0.15) is 0 Å². The van der Waals surface area contributed by atoms with E-state index in [1.165, 1.54) is 4.31 Å². The summed E-state index contributed by atoms with van der Waals surface area (Å²) in [7, 11) is -3.17. The molecule has 1 heterocycles. The van der Waals surface area contributed by atoms with Gasteiger partial charge in [-0.2, -0.15) is 4.31 Å². The highest BCUT2D eigenvalue weighted by Crippen LogP contribution is 2.08. The predicted octanol–water partition coefficient (Wildman–Crippen LogP) is -2.02. The maximum atomic E-state index is 11.2. The molecule has 1 aliphatic heterocycles. The summed E-state index contributed by atoms with van der Waals surface area (Å²) in [5, 5.41) is 8.90. The third-order valence-corrected chi connectivity index (χ3v) is 3.99. The summed E-state index contributed by atoms with van der Waals surface area (Å²) in [6.45, 7) is 1.49. The first-order valence-corrected chi connectivity index (χ1v) is 6.83. The van der Waals surface area contributed by atoms with Gasteiger partial charge in [-0.15, -0.1) is 0 Å². The average molecular weight is 251 g/mol. The zero-order valence-electron chi connectivity index (χ0n) is 9.16. The van der Waals surface area contributed by atoms with Crippen LogP contribution in [0.5, 0.6) is 0 Å². The van der Waals surface area contributed by atoms with Crippen LogP contribution in [-0.2, 0) is 14.8 Å². The topological polar surface area (TPSA) is 104 Å². The molecule has 1 atom stereocenters. The Morgan fingerprint density at radius 1 is 1.38 bits per heavy atom. The lowest BCUT2D eigenvalue weighted by molar-refractivity contribution is -0.143. The molecule has 0 aromatic heterocycles. The molecule has 1 saturated heterocycles. The van der Waals surface area contributed by atoms with E-state index in [0.717, 1.165) is 6.26 Å². The highest BCUT2D eigenvalue weighted by Gasteiger charge is 2.30. The first-order valence-electron chi connectivity index (χ1n) is 4.98. The Labute approximate surface area is 94.9 Å². The summed E-state index contributed by atoms with van der Waals surface area (Å²) >= 11 is 0. The molecular formula is C8H17N3O4S. The maximum Gasteiger partial charge on any atom is 0.322 e. The number of nitrogens with zero attached hydrogens (tertiary/aromatic N) is 2. The second-order valence-corrected chi connectivity index (χ2v) is 5.77. The van der Waals surface area contributed by atoms with E-state index in [-0.39, 0.29) is 6.54 Å². The van der Waals surface area contributed by atoms with Gasteiger partial charge in [-0.1, -0.05) is 0 Å². The van der Waals surface area contributed by atoms with Gasteiger partial charge in [0.05, 0.1) is 6.26 Å². The Balaban J connectivity index is 2.58. The van der Waals surface area contributed by atoms with Crippen LogP contribution in [-0.4, -0.2) is 73.7 Å². The standard InChI is InChI=1S/C8H17N3O4S/c1-16(14,15)11-4-2-10(3-5-11)7(6-9)8(12)13/h7H,2-6,9H2,1H3,(H,12,13)/t7-/m1/s1. The lowest BCUT2D eigenvalue weighted by Gasteiger charge is -2.36. The third kappa shape index (κ3) is 3.14. The second-order valence-electron chi connectivity index (χ2n) is 3.79. The lowest BCUT2D eigenvalue weighted by Crippen LogP contribution is -2.55. The fourth-order valence-electron chi connectivity index (χ4n) is 1.75. The number of sulfonamides is 1. The maximum absolute atomic E-state index is 11.2. The molecule has 8 heteroatoms. The van der Waals surface area contributed by atoms with E-state index in [2.05, 4.69) is 0 Å². The molecule has 0 spiro atoms. The summed E-state index contributed by atoms with van der Waals surface area (Å²) < 4.78 is 23.8. The first kappa shape index (κ1) is 13.4. The van der Waals surface area contributed by atoms with E-state index in [1.54, 1.807) is 4.90 Å². The number of carbonyl (C=O) groups is 1. The molecule has 1 rings (SSSR count). The van der Waals surface area contributed by atoms with Crippen molar-refractivity contribution in [1.29, 1.82) is 0 Å². The van der Waals surface area contributed by atoms with Gasteiger partial charge < -0.3 is 10.8 Å². The van der Waals surface area contributed by atoms with Crippen molar-refractivity contribution in [3.05, 3.63) is 0 Å². The molecule has 0 amide bonds. The van der Waals surface area contributed by atoms with E-state index >= 15 is 0 Å². The Bertz CT molecular complexity index is 348. The van der Waals surface area contributed by atoms with Gasteiger partial charge in [-0.25, -0.2) is 8.42 Å². The van der Waals surface area contributed by atoms with Gasteiger partial charge in [0.2, 0.25) is 10.0 Å². The molecule has 0 saturated carbocycles. The molecule has 0 aromatic carbocycles. The first-order chi connectivity index (χ1) is 7.36. The van der Waals surface area contributed by atoms with Gasteiger partial charge in [0, 0.05) is 32.7 Å². The summed E-state index contributed by atoms with van der Waals surface area (Å²) in [5.74, 6) is -0.963. The Morgan fingerprint density at radius 2 is 1.88 bits per heavy atom. The second kappa shape index (κ2) is 5.09. The number of carboxylic acid groups (broad SMARTS) is 1. The quantitative estimate of drug-likeness (QED) is 0.597. The van der Waals surface area contributed by atoms with Gasteiger partial charge in [0.1, 0.15) is 6.04 Å². The molecule has 0 aliphatic carbocycles. The number of piperazine rings is 1. The number of carboxylic acids is 1. The zero-order chi connectivity index (χ0) is 12.3. The monoisotopic (exact) mass is 251 g/mol. The minimum atomic E-state index is -3.17. The van der Waals surface area contributed by atoms with Crippen molar-refractivity contribution in [1.82, 2.24) is 9.21 Å². The van der Waals surface area contributed by atoms with Crippen molar-refractivity contribution < 1.29 is 18.3 Å². The Hall–Kier alpha value is -0.700. The summed E-state index contributed by atoms with van der Waals surface area (Å²) in [5.41, 5.74) is 5.37. The SMILES string of the molecule is CS(=O)(=O)N1CCN([C@H](CN)C(=O)O)CC1. The Kier molecular flexibility index (Phi) is 4.25. The van der Waals surface area contributed by atoms with Gasteiger partial charge in [0.15, 0.2) is 0 Å². The van der Waals surface area contributed by atoms with Crippen LogP contribution in [0.4, 0.5) is 0 Å². The molecule has 0 unspecified atom stereocenters. The minimum Gasteiger partial charge on any atom is -0.480 e. The van der Waals surface area contributed by atoms with Crippen LogP contribution in [0.15, 0.2) is 0 Å². The van der Waals surface area contributed by atoms with Crippen molar-refractivity contribution in [3.8, 4) is 0 Å². The minimum absolute atomic E-state index is 0.0359. The van der Waals surface area contributed by atoms with Gasteiger partial charge in [-0.05, 0) is 0 Å². The van der Waals surface area contributed by atoms with E-state index in [9.17, 15) is 13.2 Å². The normalized spacial score (nSPS) is 21.9. The largest absolute Gasteiger partial charge is 0.480 e. The van der Waals surface area contributed by atoms with Crippen molar-refractivity contribution in [2.24, 2.45) is 5.73 Å². The van der Waals surface area contributed by atoms with Crippen molar-refractivity contribution in [2.75, 3.05) is 39.0 Å². The molecule has 16 heavy (non-hydrogen) atoms. The molecular weight excluding hydrogens is 234 g/mol.